The van der Waals surface area contributed by atoms with E-state index >= 15 is 0 Å². The fourth-order valence-electron chi connectivity index (χ4n) is 1.37. The van der Waals surface area contributed by atoms with Crippen LogP contribution in [0.15, 0.2) is 22.7 Å². The minimum absolute atomic E-state index is 0.516. The normalized spacial score (nSPS) is 11.5. The van der Waals surface area contributed by atoms with Gasteiger partial charge in [0.1, 0.15) is 0 Å². The number of halogens is 1. The Balaban J connectivity index is 2.46. The van der Waals surface area contributed by atoms with Crippen molar-refractivity contribution < 1.29 is 13.9 Å². The standard InChI is InChI=1S/C10H10ClNO3/c1-13-10(14-2)8-4-6-3-7(11)5-12-9(6)15-8/h3-5,10H,1-2H3. The molecule has 0 N–H and O–H groups in total. The molecule has 0 aliphatic heterocycles. The third kappa shape index (κ3) is 1.97. The monoisotopic (exact) mass is 227 g/mol. The number of ether oxygens (including phenoxy) is 2. The van der Waals surface area contributed by atoms with Gasteiger partial charge < -0.3 is 13.9 Å². The molecule has 4 nitrogen and oxygen atoms in total. The minimum atomic E-state index is -0.516. The van der Waals surface area contributed by atoms with E-state index in [9.17, 15) is 0 Å². The fraction of sp³-hybridized carbons (Fsp3) is 0.300. The van der Waals surface area contributed by atoms with Crippen LogP contribution in [0.2, 0.25) is 5.02 Å². The molecule has 2 aromatic rings. The summed E-state index contributed by atoms with van der Waals surface area (Å²) in [5.74, 6) is 0.574. The molecule has 2 rings (SSSR count). The number of pyridine rings is 1. The average Bonchev–Trinajstić information content (AvgIpc) is 2.62. The van der Waals surface area contributed by atoms with Crippen LogP contribution in [0.3, 0.4) is 0 Å². The van der Waals surface area contributed by atoms with Crippen LogP contribution < -0.4 is 0 Å². The Hall–Kier alpha value is -1.10. The van der Waals surface area contributed by atoms with Crippen LogP contribution in [0.25, 0.3) is 11.1 Å². The highest BCUT2D eigenvalue weighted by Gasteiger charge is 2.15. The number of rotatable bonds is 3. The average molecular weight is 228 g/mol. The highest BCUT2D eigenvalue weighted by molar-refractivity contribution is 6.31. The third-order valence-electron chi connectivity index (χ3n) is 2.02. The summed E-state index contributed by atoms with van der Waals surface area (Å²) >= 11 is 5.81. The number of aromatic nitrogens is 1. The first-order valence-electron chi connectivity index (χ1n) is 4.35. The van der Waals surface area contributed by atoms with Gasteiger partial charge in [0.05, 0.1) is 5.02 Å². The van der Waals surface area contributed by atoms with Gasteiger partial charge in [0.15, 0.2) is 5.76 Å². The van der Waals surface area contributed by atoms with Crippen molar-refractivity contribution >= 4 is 22.7 Å². The number of hydrogen-bond acceptors (Lipinski definition) is 4. The van der Waals surface area contributed by atoms with Crippen molar-refractivity contribution in [3.63, 3.8) is 0 Å². The zero-order valence-corrected chi connectivity index (χ0v) is 9.12. The lowest BCUT2D eigenvalue weighted by atomic mass is 10.3. The predicted molar refractivity (Wildman–Crippen MR) is 55.8 cm³/mol. The molecular formula is C10H10ClNO3. The highest BCUT2D eigenvalue weighted by Crippen LogP contribution is 2.26. The molecule has 0 aliphatic rings. The molecule has 2 heterocycles. The van der Waals surface area contributed by atoms with Crippen LogP contribution in [0, 0.1) is 0 Å². The summed E-state index contributed by atoms with van der Waals surface area (Å²) in [6, 6.07) is 3.57. The van der Waals surface area contributed by atoms with Gasteiger partial charge in [-0.2, -0.15) is 0 Å². The van der Waals surface area contributed by atoms with Gasteiger partial charge in [0.2, 0.25) is 12.0 Å². The third-order valence-corrected chi connectivity index (χ3v) is 2.22. The van der Waals surface area contributed by atoms with Crippen LogP contribution in [0.1, 0.15) is 12.1 Å². The van der Waals surface area contributed by atoms with E-state index in [1.807, 2.05) is 0 Å². The zero-order chi connectivity index (χ0) is 10.8. The Morgan fingerprint density at radius 3 is 2.73 bits per heavy atom. The second-order valence-corrected chi connectivity index (χ2v) is 3.44. The van der Waals surface area contributed by atoms with Crippen molar-refractivity contribution in [1.29, 1.82) is 0 Å². The maximum absolute atomic E-state index is 5.81. The molecule has 0 fully saturated rings. The van der Waals surface area contributed by atoms with Crippen LogP contribution >= 0.6 is 11.6 Å². The Morgan fingerprint density at radius 1 is 1.33 bits per heavy atom. The lowest BCUT2D eigenvalue weighted by Crippen LogP contribution is -2.01. The second kappa shape index (κ2) is 4.18. The van der Waals surface area contributed by atoms with Crippen LogP contribution in [-0.2, 0) is 9.47 Å². The van der Waals surface area contributed by atoms with E-state index in [4.69, 9.17) is 25.5 Å². The lowest BCUT2D eigenvalue weighted by Gasteiger charge is -2.08. The van der Waals surface area contributed by atoms with Gasteiger partial charge in [-0.05, 0) is 12.1 Å². The van der Waals surface area contributed by atoms with E-state index in [0.29, 0.717) is 16.5 Å². The van der Waals surface area contributed by atoms with Crippen molar-refractivity contribution in [2.45, 2.75) is 6.29 Å². The first kappa shape index (κ1) is 10.4. The van der Waals surface area contributed by atoms with Gasteiger partial charge >= 0.3 is 0 Å². The summed E-state index contributed by atoms with van der Waals surface area (Å²) in [6.45, 7) is 0. The molecule has 0 saturated carbocycles. The van der Waals surface area contributed by atoms with Crippen molar-refractivity contribution in [3.8, 4) is 0 Å². The van der Waals surface area contributed by atoms with Gasteiger partial charge in [-0.25, -0.2) is 4.98 Å². The molecule has 5 heteroatoms. The van der Waals surface area contributed by atoms with E-state index in [0.717, 1.165) is 5.39 Å². The Bertz CT molecular complexity index is 465. The summed E-state index contributed by atoms with van der Waals surface area (Å²) in [5.41, 5.74) is 0.522. The van der Waals surface area contributed by atoms with Crippen molar-refractivity contribution in [2.75, 3.05) is 14.2 Å². The van der Waals surface area contributed by atoms with Crippen molar-refractivity contribution in [1.82, 2.24) is 4.98 Å². The van der Waals surface area contributed by atoms with Gasteiger partial charge in [-0.1, -0.05) is 11.6 Å². The van der Waals surface area contributed by atoms with Gasteiger partial charge in [0.25, 0.3) is 0 Å². The SMILES string of the molecule is COC(OC)c1cc2cc(Cl)cnc2o1. The second-order valence-electron chi connectivity index (χ2n) is 3.00. The molecule has 0 bridgehead atoms. The summed E-state index contributed by atoms with van der Waals surface area (Å²) in [4.78, 5) is 4.04. The maximum atomic E-state index is 5.81. The smallest absolute Gasteiger partial charge is 0.226 e. The van der Waals surface area contributed by atoms with Crippen molar-refractivity contribution in [3.05, 3.63) is 29.1 Å². The van der Waals surface area contributed by atoms with E-state index < -0.39 is 6.29 Å². The summed E-state index contributed by atoms with van der Waals surface area (Å²) in [6.07, 6.45) is 1.02. The molecule has 0 aliphatic carbocycles. The molecule has 0 aromatic carbocycles. The van der Waals surface area contributed by atoms with Crippen LogP contribution in [-0.4, -0.2) is 19.2 Å². The number of nitrogens with zero attached hydrogens (tertiary/aromatic N) is 1. The van der Waals surface area contributed by atoms with Crippen LogP contribution in [0.4, 0.5) is 0 Å². The molecular weight excluding hydrogens is 218 g/mol. The Morgan fingerprint density at radius 2 is 2.07 bits per heavy atom. The largest absolute Gasteiger partial charge is 0.437 e. The maximum Gasteiger partial charge on any atom is 0.226 e. The summed E-state index contributed by atoms with van der Waals surface area (Å²) in [5, 5.41) is 1.40. The molecule has 0 atom stereocenters. The molecule has 0 saturated heterocycles. The Kier molecular flexibility index (Phi) is 2.90. The molecule has 0 amide bonds. The molecule has 2 aromatic heterocycles. The zero-order valence-electron chi connectivity index (χ0n) is 8.36. The fourth-order valence-corrected chi connectivity index (χ4v) is 1.54. The van der Waals surface area contributed by atoms with E-state index in [2.05, 4.69) is 4.98 Å². The van der Waals surface area contributed by atoms with Gasteiger partial charge in [-0.15, -0.1) is 0 Å². The van der Waals surface area contributed by atoms with Gasteiger partial charge in [0, 0.05) is 25.8 Å². The van der Waals surface area contributed by atoms with E-state index in [1.54, 1.807) is 26.4 Å². The van der Waals surface area contributed by atoms with E-state index in [1.165, 1.54) is 6.20 Å². The molecule has 0 unspecified atom stereocenters. The number of methoxy groups -OCH3 is 2. The minimum Gasteiger partial charge on any atom is -0.437 e. The number of fused-ring (bicyclic) bond motifs is 1. The highest BCUT2D eigenvalue weighted by atomic mass is 35.5. The quantitative estimate of drug-likeness (QED) is 0.757. The number of hydrogen-bond donors (Lipinski definition) is 0. The molecule has 80 valence electrons. The first-order valence-corrected chi connectivity index (χ1v) is 4.73. The Labute approximate surface area is 91.8 Å². The van der Waals surface area contributed by atoms with Crippen LogP contribution in [0.5, 0.6) is 0 Å². The topological polar surface area (TPSA) is 44.5 Å². The number of furan rings is 1. The van der Waals surface area contributed by atoms with Crippen molar-refractivity contribution in [2.24, 2.45) is 0 Å². The van der Waals surface area contributed by atoms with Gasteiger partial charge in [-0.3, -0.25) is 0 Å². The predicted octanol–water partition coefficient (Wildman–Crippen LogP) is 2.77. The first-order chi connectivity index (χ1) is 7.24. The molecule has 0 radical (unpaired) electrons. The summed E-state index contributed by atoms with van der Waals surface area (Å²) in [7, 11) is 3.09. The molecule has 15 heavy (non-hydrogen) atoms. The summed E-state index contributed by atoms with van der Waals surface area (Å²) < 4.78 is 15.6. The molecule has 0 spiro atoms. The van der Waals surface area contributed by atoms with E-state index in [-0.39, 0.29) is 0 Å². The lowest BCUT2D eigenvalue weighted by molar-refractivity contribution is -0.117.